The van der Waals surface area contributed by atoms with E-state index in [1.54, 1.807) is 0 Å². The number of aromatic hydroxyl groups is 2. The molecule has 1 aromatic rings. The Morgan fingerprint density at radius 3 is 1.68 bits per heavy atom. The molecule has 0 unspecified atom stereocenters. The molecular formula is C24H42O4. The summed E-state index contributed by atoms with van der Waals surface area (Å²) in [7, 11) is 2.93. The molecule has 0 fully saturated rings. The molecule has 28 heavy (non-hydrogen) atoms. The Morgan fingerprint density at radius 1 is 0.714 bits per heavy atom. The minimum absolute atomic E-state index is 0.0509. The Labute approximate surface area is 172 Å². The molecule has 1 rings (SSSR count). The molecule has 0 heterocycles. The van der Waals surface area contributed by atoms with Crippen molar-refractivity contribution < 1.29 is 19.7 Å². The monoisotopic (exact) mass is 394 g/mol. The summed E-state index contributed by atoms with van der Waals surface area (Å²) in [6, 6.07) is 0. The lowest BCUT2D eigenvalue weighted by Crippen LogP contribution is -2.03. The summed E-state index contributed by atoms with van der Waals surface area (Å²) >= 11 is 0. The second-order valence-electron chi connectivity index (χ2n) is 8.87. The molecule has 4 nitrogen and oxygen atoms in total. The topological polar surface area (TPSA) is 58.9 Å². The number of phenols is 2. The van der Waals surface area contributed by atoms with E-state index in [4.69, 9.17) is 9.47 Å². The zero-order valence-corrected chi connectivity index (χ0v) is 19.1. The van der Waals surface area contributed by atoms with Gasteiger partial charge in [-0.2, -0.15) is 0 Å². The van der Waals surface area contributed by atoms with Gasteiger partial charge in [0.1, 0.15) is 0 Å². The standard InChI is InChI=1S/C24H42O4/c1-16(2)10-8-11-17(3)12-9-13-18(4)14-15-20-19(5)21(25)23(27-6)24(28-7)22(20)26/h16-18,25-26H,8-15H2,1-7H3/t17-,18+/m1/s1. The van der Waals surface area contributed by atoms with Crippen molar-refractivity contribution in [1.82, 2.24) is 0 Å². The SMILES string of the molecule is COc1c(O)c(C)c(CC[C@@H](C)CCC[C@H](C)CCCC(C)C)c(O)c1OC. The molecule has 4 heteroatoms. The van der Waals surface area contributed by atoms with Gasteiger partial charge in [0.2, 0.25) is 11.5 Å². The Bertz CT molecular complexity index is 595. The van der Waals surface area contributed by atoms with Crippen LogP contribution in [0.25, 0.3) is 0 Å². The van der Waals surface area contributed by atoms with Gasteiger partial charge in [-0.15, -0.1) is 0 Å². The van der Waals surface area contributed by atoms with Crippen molar-refractivity contribution in [3.63, 3.8) is 0 Å². The molecule has 0 aliphatic heterocycles. The normalized spacial score (nSPS) is 13.6. The summed E-state index contributed by atoms with van der Waals surface area (Å²) in [5.74, 6) is 2.74. The quantitative estimate of drug-likeness (QED) is 0.369. The van der Waals surface area contributed by atoms with E-state index in [2.05, 4.69) is 27.7 Å². The van der Waals surface area contributed by atoms with Crippen molar-refractivity contribution in [3.05, 3.63) is 11.1 Å². The third kappa shape index (κ3) is 7.10. The Morgan fingerprint density at radius 2 is 1.18 bits per heavy atom. The van der Waals surface area contributed by atoms with E-state index >= 15 is 0 Å². The van der Waals surface area contributed by atoms with E-state index in [-0.39, 0.29) is 23.0 Å². The van der Waals surface area contributed by atoms with Gasteiger partial charge in [0.15, 0.2) is 11.5 Å². The van der Waals surface area contributed by atoms with Crippen molar-refractivity contribution in [2.45, 2.75) is 86.0 Å². The molecular weight excluding hydrogens is 352 g/mol. The smallest absolute Gasteiger partial charge is 0.207 e. The van der Waals surface area contributed by atoms with Crippen molar-refractivity contribution in [2.75, 3.05) is 14.2 Å². The fraction of sp³-hybridized carbons (Fsp3) is 0.750. The van der Waals surface area contributed by atoms with Crippen molar-refractivity contribution in [3.8, 4) is 23.0 Å². The van der Waals surface area contributed by atoms with Crippen LogP contribution in [-0.2, 0) is 6.42 Å². The summed E-state index contributed by atoms with van der Waals surface area (Å²) in [5.41, 5.74) is 1.42. The van der Waals surface area contributed by atoms with Crippen LogP contribution in [-0.4, -0.2) is 24.4 Å². The molecule has 0 spiro atoms. The van der Waals surface area contributed by atoms with Crippen LogP contribution in [0.1, 0.15) is 83.8 Å². The number of phenolic OH excluding ortho intramolecular Hbond substituents is 2. The first-order valence-electron chi connectivity index (χ1n) is 10.9. The van der Waals surface area contributed by atoms with E-state index < -0.39 is 0 Å². The van der Waals surface area contributed by atoms with E-state index in [9.17, 15) is 10.2 Å². The molecule has 0 amide bonds. The Hall–Kier alpha value is -1.58. The van der Waals surface area contributed by atoms with Gasteiger partial charge in [-0.3, -0.25) is 0 Å². The highest BCUT2D eigenvalue weighted by molar-refractivity contribution is 5.65. The molecule has 162 valence electrons. The lowest BCUT2D eigenvalue weighted by molar-refractivity contribution is 0.313. The molecule has 2 atom stereocenters. The number of benzene rings is 1. The maximum absolute atomic E-state index is 10.6. The summed E-state index contributed by atoms with van der Waals surface area (Å²) in [6.07, 6.45) is 9.47. The van der Waals surface area contributed by atoms with Gasteiger partial charge in [-0.25, -0.2) is 0 Å². The van der Waals surface area contributed by atoms with Crippen LogP contribution in [0.2, 0.25) is 0 Å². The third-order valence-corrected chi connectivity index (χ3v) is 5.90. The lowest BCUT2D eigenvalue weighted by atomic mass is 9.90. The highest BCUT2D eigenvalue weighted by Crippen LogP contribution is 2.48. The maximum atomic E-state index is 10.6. The number of hydrogen-bond acceptors (Lipinski definition) is 4. The molecule has 1 aromatic carbocycles. The van der Waals surface area contributed by atoms with E-state index in [1.807, 2.05) is 6.92 Å². The number of ether oxygens (including phenoxy) is 2. The lowest BCUT2D eigenvalue weighted by Gasteiger charge is -2.19. The molecule has 0 saturated carbocycles. The fourth-order valence-corrected chi connectivity index (χ4v) is 3.90. The Balaban J connectivity index is 2.53. The van der Waals surface area contributed by atoms with Gasteiger partial charge >= 0.3 is 0 Å². The predicted molar refractivity (Wildman–Crippen MR) is 117 cm³/mol. The minimum Gasteiger partial charge on any atom is -0.504 e. The largest absolute Gasteiger partial charge is 0.504 e. The molecule has 0 saturated heterocycles. The van der Waals surface area contributed by atoms with Crippen LogP contribution in [0.3, 0.4) is 0 Å². The first-order valence-corrected chi connectivity index (χ1v) is 10.9. The van der Waals surface area contributed by atoms with E-state index in [0.717, 1.165) is 30.2 Å². The van der Waals surface area contributed by atoms with Crippen LogP contribution in [0.5, 0.6) is 23.0 Å². The highest BCUT2D eigenvalue weighted by Gasteiger charge is 2.23. The second-order valence-corrected chi connectivity index (χ2v) is 8.87. The van der Waals surface area contributed by atoms with Crippen molar-refractivity contribution in [2.24, 2.45) is 17.8 Å². The molecule has 0 aromatic heterocycles. The minimum atomic E-state index is 0.0509. The van der Waals surface area contributed by atoms with Gasteiger partial charge in [0, 0.05) is 11.1 Å². The van der Waals surface area contributed by atoms with Crippen LogP contribution >= 0.6 is 0 Å². The highest BCUT2D eigenvalue weighted by atomic mass is 16.5. The van der Waals surface area contributed by atoms with E-state index in [1.165, 1.54) is 52.7 Å². The van der Waals surface area contributed by atoms with Gasteiger partial charge in [0.05, 0.1) is 14.2 Å². The Kier molecular flexibility index (Phi) is 10.6. The molecule has 0 bridgehead atoms. The zero-order valence-electron chi connectivity index (χ0n) is 19.1. The molecule has 0 aliphatic rings. The first-order chi connectivity index (χ1) is 13.2. The van der Waals surface area contributed by atoms with Gasteiger partial charge in [-0.05, 0) is 37.5 Å². The van der Waals surface area contributed by atoms with Gasteiger partial charge in [-0.1, -0.05) is 66.2 Å². The second kappa shape index (κ2) is 12.1. The van der Waals surface area contributed by atoms with Gasteiger partial charge < -0.3 is 19.7 Å². The zero-order chi connectivity index (χ0) is 21.3. The van der Waals surface area contributed by atoms with Gasteiger partial charge in [0.25, 0.3) is 0 Å². The van der Waals surface area contributed by atoms with Crippen LogP contribution in [0, 0.1) is 24.7 Å². The van der Waals surface area contributed by atoms with Crippen molar-refractivity contribution >= 4 is 0 Å². The molecule has 2 N–H and O–H groups in total. The number of methoxy groups -OCH3 is 2. The summed E-state index contributed by atoms with van der Waals surface area (Å²) in [5, 5.41) is 20.9. The maximum Gasteiger partial charge on any atom is 0.207 e. The van der Waals surface area contributed by atoms with Crippen molar-refractivity contribution in [1.29, 1.82) is 0 Å². The molecule has 0 aliphatic carbocycles. The van der Waals surface area contributed by atoms with Crippen LogP contribution in [0.15, 0.2) is 0 Å². The van der Waals surface area contributed by atoms with Crippen LogP contribution in [0.4, 0.5) is 0 Å². The molecule has 0 radical (unpaired) electrons. The average Bonchev–Trinajstić information content (AvgIpc) is 2.64. The fourth-order valence-electron chi connectivity index (χ4n) is 3.90. The summed E-state index contributed by atoms with van der Waals surface area (Å²) in [6.45, 7) is 11.1. The first kappa shape index (κ1) is 24.5. The number of hydrogen-bond donors (Lipinski definition) is 2. The predicted octanol–water partition coefficient (Wildman–Crippen LogP) is 6.62. The average molecular weight is 395 g/mol. The summed E-state index contributed by atoms with van der Waals surface area (Å²) in [4.78, 5) is 0. The van der Waals surface area contributed by atoms with Crippen LogP contribution < -0.4 is 9.47 Å². The van der Waals surface area contributed by atoms with E-state index in [0.29, 0.717) is 11.5 Å². The number of rotatable bonds is 13. The summed E-state index contributed by atoms with van der Waals surface area (Å²) < 4.78 is 10.4. The third-order valence-electron chi connectivity index (χ3n) is 5.90.